The summed E-state index contributed by atoms with van der Waals surface area (Å²) >= 11 is 0. The van der Waals surface area contributed by atoms with Gasteiger partial charge < -0.3 is 14.4 Å². The average Bonchev–Trinajstić information content (AvgIpc) is 3.41. The number of likely N-dealkylation sites (N-methyl/N-ethyl adjacent to an activating group) is 2. The lowest BCUT2D eigenvalue weighted by Crippen LogP contribution is -2.52. The van der Waals surface area contributed by atoms with Crippen molar-refractivity contribution in [3.63, 3.8) is 0 Å². The second-order valence-corrected chi connectivity index (χ2v) is 13.1. The highest BCUT2D eigenvalue weighted by Crippen LogP contribution is 2.29. The van der Waals surface area contributed by atoms with Crippen LogP contribution in [0.15, 0.2) is 17.0 Å². The fourth-order valence-corrected chi connectivity index (χ4v) is 7.82. The predicted molar refractivity (Wildman–Crippen MR) is 155 cm³/mol. The lowest BCUT2D eigenvalue weighted by atomic mass is 10.1. The average molecular weight is 567 g/mol. The molecule has 10 heteroatoms. The first-order valence-corrected chi connectivity index (χ1v) is 15.9. The molecule has 2 aliphatic rings. The first kappa shape index (κ1) is 31.8. The number of carbonyl (C=O) groups excluding carboxylic acids is 1. The first-order chi connectivity index (χ1) is 18.5. The van der Waals surface area contributed by atoms with Crippen LogP contribution in [0, 0.1) is 13.8 Å². The fraction of sp³-hybridized carbons (Fsp3) is 0.759. The largest absolute Gasteiger partial charge is 0.497 e. The molecule has 2 atom stereocenters. The minimum absolute atomic E-state index is 0.0414. The van der Waals surface area contributed by atoms with Gasteiger partial charge in [-0.1, -0.05) is 13.8 Å². The fourth-order valence-electron chi connectivity index (χ4n) is 6.26. The van der Waals surface area contributed by atoms with Crippen molar-refractivity contribution < 1.29 is 22.7 Å². The maximum atomic E-state index is 13.2. The Kier molecular flexibility index (Phi) is 11.6. The zero-order valence-electron chi connectivity index (χ0n) is 25.1. The SMILES string of the molecule is CCC(CC)N1CCN(C2CCC(N(C)C(=O)COCCN(C)S(=O)(=O)c3c(C)cc(OC)cc3C)C2)CC1. The lowest BCUT2D eigenvalue weighted by molar-refractivity contribution is -0.136. The van der Waals surface area contributed by atoms with Gasteiger partial charge in [0.2, 0.25) is 15.9 Å². The van der Waals surface area contributed by atoms with Gasteiger partial charge in [0, 0.05) is 64.9 Å². The van der Waals surface area contributed by atoms with E-state index in [4.69, 9.17) is 9.47 Å². The molecule has 0 aromatic heterocycles. The highest BCUT2D eigenvalue weighted by molar-refractivity contribution is 7.89. The Balaban J connectivity index is 1.42. The monoisotopic (exact) mass is 566 g/mol. The molecule has 39 heavy (non-hydrogen) atoms. The van der Waals surface area contributed by atoms with Crippen LogP contribution in [0.3, 0.4) is 0 Å². The van der Waals surface area contributed by atoms with Gasteiger partial charge in [-0.3, -0.25) is 14.6 Å². The van der Waals surface area contributed by atoms with E-state index < -0.39 is 10.0 Å². The van der Waals surface area contributed by atoms with Crippen molar-refractivity contribution in [1.29, 1.82) is 0 Å². The molecule has 3 rings (SSSR count). The van der Waals surface area contributed by atoms with E-state index in [0.29, 0.717) is 29.0 Å². The summed E-state index contributed by atoms with van der Waals surface area (Å²) < 4.78 is 38.5. The summed E-state index contributed by atoms with van der Waals surface area (Å²) in [5, 5.41) is 0. The van der Waals surface area contributed by atoms with E-state index in [9.17, 15) is 13.2 Å². The smallest absolute Gasteiger partial charge is 0.248 e. The highest BCUT2D eigenvalue weighted by Gasteiger charge is 2.35. The zero-order chi connectivity index (χ0) is 28.7. The molecule has 0 spiro atoms. The van der Waals surface area contributed by atoms with E-state index >= 15 is 0 Å². The number of methoxy groups -OCH3 is 1. The molecule has 222 valence electrons. The second kappa shape index (κ2) is 14.3. The third-order valence-corrected chi connectivity index (χ3v) is 10.9. The van der Waals surface area contributed by atoms with Gasteiger partial charge in [-0.2, -0.15) is 4.31 Å². The summed E-state index contributed by atoms with van der Waals surface area (Å²) in [7, 11) is 1.28. The van der Waals surface area contributed by atoms with Crippen LogP contribution in [0.5, 0.6) is 5.75 Å². The second-order valence-electron chi connectivity index (χ2n) is 11.1. The van der Waals surface area contributed by atoms with E-state index in [-0.39, 0.29) is 36.6 Å². The maximum absolute atomic E-state index is 13.2. The van der Waals surface area contributed by atoms with E-state index in [0.717, 1.165) is 45.4 Å². The van der Waals surface area contributed by atoms with E-state index in [2.05, 4.69) is 23.6 Å². The van der Waals surface area contributed by atoms with Crippen LogP contribution >= 0.6 is 0 Å². The molecule has 1 saturated carbocycles. The number of rotatable bonds is 13. The molecule has 9 nitrogen and oxygen atoms in total. The van der Waals surface area contributed by atoms with E-state index in [1.54, 1.807) is 40.1 Å². The number of hydrogen-bond donors (Lipinski definition) is 0. The Morgan fingerprint density at radius 2 is 1.67 bits per heavy atom. The minimum Gasteiger partial charge on any atom is -0.497 e. The van der Waals surface area contributed by atoms with Crippen LogP contribution in [-0.2, 0) is 19.6 Å². The van der Waals surface area contributed by atoms with E-state index in [1.165, 1.54) is 17.1 Å². The number of benzene rings is 1. The number of nitrogens with zero attached hydrogens (tertiary/aromatic N) is 4. The third kappa shape index (κ3) is 7.73. The number of aryl methyl sites for hydroxylation is 2. The Hall–Kier alpha value is -1.72. The lowest BCUT2D eigenvalue weighted by Gasteiger charge is -2.41. The van der Waals surface area contributed by atoms with Gasteiger partial charge in [-0.15, -0.1) is 0 Å². The molecule has 1 aliphatic carbocycles. The van der Waals surface area contributed by atoms with Gasteiger partial charge in [-0.25, -0.2) is 8.42 Å². The van der Waals surface area contributed by atoms with Crippen molar-refractivity contribution in [3.8, 4) is 5.75 Å². The van der Waals surface area contributed by atoms with Gasteiger partial charge >= 0.3 is 0 Å². The summed E-state index contributed by atoms with van der Waals surface area (Å²) in [5.74, 6) is 0.581. The number of sulfonamides is 1. The van der Waals surface area contributed by atoms with Gasteiger partial charge in [0.05, 0.1) is 18.6 Å². The molecule has 0 N–H and O–H groups in total. The molecular weight excluding hydrogens is 516 g/mol. The van der Waals surface area contributed by atoms with Crippen LogP contribution < -0.4 is 4.74 Å². The van der Waals surface area contributed by atoms with Gasteiger partial charge in [0.25, 0.3) is 0 Å². The number of carbonyl (C=O) groups is 1. The number of ether oxygens (including phenoxy) is 2. The van der Waals surface area contributed by atoms with Crippen molar-refractivity contribution in [2.24, 2.45) is 0 Å². The first-order valence-electron chi connectivity index (χ1n) is 14.5. The van der Waals surface area contributed by atoms with Crippen LogP contribution in [0.1, 0.15) is 57.1 Å². The summed E-state index contributed by atoms with van der Waals surface area (Å²) in [6.07, 6.45) is 5.58. The van der Waals surface area contributed by atoms with Crippen molar-refractivity contribution in [2.45, 2.75) is 82.8 Å². The molecule has 2 fully saturated rings. The molecule has 1 heterocycles. The summed E-state index contributed by atoms with van der Waals surface area (Å²) in [5.41, 5.74) is 1.28. The van der Waals surface area contributed by atoms with Crippen LogP contribution in [0.4, 0.5) is 0 Å². The molecule has 1 aliphatic heterocycles. The molecule has 0 bridgehead atoms. The van der Waals surface area contributed by atoms with Crippen molar-refractivity contribution in [1.82, 2.24) is 19.0 Å². The van der Waals surface area contributed by atoms with Crippen molar-refractivity contribution >= 4 is 15.9 Å². The van der Waals surface area contributed by atoms with Crippen LogP contribution in [0.2, 0.25) is 0 Å². The minimum atomic E-state index is -3.69. The molecule has 1 aromatic carbocycles. The Labute approximate surface area is 236 Å². The standard InChI is InChI=1S/C29H50N4O5S/c1-8-24(9-2)32-12-14-33(15-13-32)26-11-10-25(20-26)31(6)28(34)21-38-17-16-30(5)39(35,36)29-22(3)18-27(37-7)19-23(29)4/h18-19,24-26H,8-17,20-21H2,1-7H3. The Morgan fingerprint density at radius 3 is 2.23 bits per heavy atom. The molecule has 0 radical (unpaired) electrons. The van der Waals surface area contributed by atoms with Crippen LogP contribution in [0.25, 0.3) is 0 Å². The maximum Gasteiger partial charge on any atom is 0.248 e. The molecule has 1 amide bonds. The molecule has 2 unspecified atom stereocenters. The topological polar surface area (TPSA) is 82.6 Å². The molecular formula is C29H50N4O5S. The van der Waals surface area contributed by atoms with Crippen LogP contribution in [-0.4, -0.2) is 119 Å². The normalized spacial score (nSPS) is 21.2. The summed E-state index contributed by atoms with van der Waals surface area (Å²) in [6.45, 7) is 12.9. The third-order valence-electron chi connectivity index (χ3n) is 8.76. The van der Waals surface area contributed by atoms with Gasteiger partial charge in [-0.05, 0) is 69.2 Å². The predicted octanol–water partition coefficient (Wildman–Crippen LogP) is 3.13. The number of hydrogen-bond acceptors (Lipinski definition) is 7. The molecule has 1 saturated heterocycles. The number of piperazine rings is 1. The summed E-state index contributed by atoms with van der Waals surface area (Å²) in [4.78, 5) is 20.2. The number of amides is 1. The summed E-state index contributed by atoms with van der Waals surface area (Å²) in [6, 6.07) is 4.91. The quantitative estimate of drug-likeness (QED) is 0.339. The Bertz CT molecular complexity index is 1030. The zero-order valence-corrected chi connectivity index (χ0v) is 25.9. The van der Waals surface area contributed by atoms with Gasteiger partial charge in [0.15, 0.2) is 0 Å². The highest BCUT2D eigenvalue weighted by atomic mass is 32.2. The van der Waals surface area contributed by atoms with Crippen molar-refractivity contribution in [3.05, 3.63) is 23.3 Å². The molecule has 1 aromatic rings. The van der Waals surface area contributed by atoms with E-state index in [1.807, 2.05) is 11.9 Å². The van der Waals surface area contributed by atoms with Gasteiger partial charge in [0.1, 0.15) is 12.4 Å². The van der Waals surface area contributed by atoms with Crippen molar-refractivity contribution in [2.75, 3.05) is 67.1 Å². The Morgan fingerprint density at radius 1 is 1.05 bits per heavy atom.